The topological polar surface area (TPSA) is 30.9 Å². The van der Waals surface area contributed by atoms with Gasteiger partial charge in [0, 0.05) is 25.4 Å². The van der Waals surface area contributed by atoms with E-state index in [0.29, 0.717) is 18.9 Å². The first-order chi connectivity index (χ1) is 11.4. The fourth-order valence-electron chi connectivity index (χ4n) is 3.56. The minimum atomic E-state index is -1.56. The van der Waals surface area contributed by atoms with Crippen molar-refractivity contribution in [3.8, 4) is 0 Å². The summed E-state index contributed by atoms with van der Waals surface area (Å²) in [7, 11) is -2.35. The van der Waals surface area contributed by atoms with E-state index in [2.05, 4.69) is 44.6 Å². The molecule has 142 valence electrons. The van der Waals surface area contributed by atoms with E-state index in [9.17, 15) is 0 Å². The normalized spacial score (nSPS) is 23.7. The Bertz CT molecular complexity index is 353. The molecule has 0 aromatic rings. The highest BCUT2D eigenvalue weighted by atomic mass is 28.4. The first-order valence-corrected chi connectivity index (χ1v) is 15.7. The van der Waals surface area contributed by atoms with Gasteiger partial charge in [-0.2, -0.15) is 0 Å². The van der Waals surface area contributed by atoms with Gasteiger partial charge in [0.15, 0.2) is 8.32 Å². The van der Waals surface area contributed by atoms with Crippen LogP contribution < -0.4 is 0 Å². The van der Waals surface area contributed by atoms with Crippen molar-refractivity contribution in [3.05, 3.63) is 12.7 Å². The third-order valence-corrected chi connectivity index (χ3v) is 9.51. The maximum absolute atomic E-state index is 6.53. The van der Waals surface area contributed by atoms with Crippen molar-refractivity contribution < 1.29 is 13.9 Å². The fourth-order valence-corrected chi connectivity index (χ4v) is 7.65. The van der Waals surface area contributed by atoms with Crippen molar-refractivity contribution in [2.24, 2.45) is 0 Å². The van der Waals surface area contributed by atoms with Crippen molar-refractivity contribution in [1.29, 1.82) is 0 Å². The molecule has 1 heterocycles. The SMILES string of the molecule is C=CCOCC1CN(C(CCOCC)[SiH](C)C)CCC[Si](C)(C)O1. The van der Waals surface area contributed by atoms with Crippen LogP contribution >= 0.6 is 0 Å². The van der Waals surface area contributed by atoms with Gasteiger partial charge >= 0.3 is 0 Å². The van der Waals surface area contributed by atoms with Gasteiger partial charge < -0.3 is 18.8 Å². The molecule has 1 rings (SSSR count). The maximum Gasteiger partial charge on any atom is 0.187 e. The summed E-state index contributed by atoms with van der Waals surface area (Å²) in [6, 6.07) is 1.24. The molecule has 2 atom stereocenters. The Hall–Kier alpha value is 0.0138. The van der Waals surface area contributed by atoms with Crippen LogP contribution in [0, 0.1) is 0 Å². The highest BCUT2D eigenvalue weighted by Crippen LogP contribution is 2.23. The van der Waals surface area contributed by atoms with E-state index in [1.165, 1.54) is 19.0 Å². The Morgan fingerprint density at radius 1 is 1.38 bits per heavy atom. The second-order valence-electron chi connectivity index (χ2n) is 7.72. The Balaban J connectivity index is 2.73. The molecule has 1 fully saturated rings. The van der Waals surface area contributed by atoms with Crippen LogP contribution in [0.2, 0.25) is 32.2 Å². The highest BCUT2D eigenvalue weighted by Gasteiger charge is 2.33. The zero-order valence-corrected chi connectivity index (χ0v) is 18.7. The zero-order valence-electron chi connectivity index (χ0n) is 16.6. The quantitative estimate of drug-likeness (QED) is 0.334. The van der Waals surface area contributed by atoms with Crippen LogP contribution in [-0.2, 0) is 13.9 Å². The van der Waals surface area contributed by atoms with Gasteiger partial charge in [0.2, 0.25) is 0 Å². The molecule has 2 unspecified atom stereocenters. The lowest BCUT2D eigenvalue weighted by atomic mass is 10.2. The van der Waals surface area contributed by atoms with Crippen LogP contribution in [0.3, 0.4) is 0 Å². The Morgan fingerprint density at radius 3 is 2.75 bits per heavy atom. The molecule has 1 saturated heterocycles. The van der Waals surface area contributed by atoms with Crippen LogP contribution in [0.4, 0.5) is 0 Å². The first kappa shape index (κ1) is 22.1. The Kier molecular flexibility index (Phi) is 10.7. The van der Waals surface area contributed by atoms with Crippen molar-refractivity contribution in [2.45, 2.75) is 63.8 Å². The van der Waals surface area contributed by atoms with E-state index < -0.39 is 17.1 Å². The van der Waals surface area contributed by atoms with E-state index in [0.717, 1.165) is 26.2 Å². The number of ether oxygens (including phenoxy) is 2. The average molecular weight is 374 g/mol. The predicted octanol–water partition coefficient (Wildman–Crippen LogP) is 3.31. The van der Waals surface area contributed by atoms with Crippen LogP contribution in [0.15, 0.2) is 12.7 Å². The van der Waals surface area contributed by atoms with E-state index in [1.54, 1.807) is 0 Å². The van der Waals surface area contributed by atoms with E-state index in [-0.39, 0.29) is 6.10 Å². The van der Waals surface area contributed by atoms with Gasteiger partial charge in [-0.15, -0.1) is 6.58 Å². The fraction of sp³-hybridized carbons (Fsp3) is 0.889. The number of rotatable bonds is 10. The molecule has 0 spiro atoms. The second-order valence-corrected chi connectivity index (χ2v) is 15.2. The van der Waals surface area contributed by atoms with Gasteiger partial charge in [0.1, 0.15) is 0 Å². The van der Waals surface area contributed by atoms with Gasteiger partial charge in [-0.1, -0.05) is 19.2 Å². The smallest absolute Gasteiger partial charge is 0.187 e. The van der Waals surface area contributed by atoms with Gasteiger partial charge in [-0.25, -0.2) is 0 Å². The van der Waals surface area contributed by atoms with E-state index in [4.69, 9.17) is 13.9 Å². The summed E-state index contributed by atoms with van der Waals surface area (Å²) in [5.41, 5.74) is 0.685. The molecule has 6 heteroatoms. The number of hydrogen-bond donors (Lipinski definition) is 0. The monoisotopic (exact) mass is 373 g/mol. The molecule has 0 N–H and O–H groups in total. The summed E-state index contributed by atoms with van der Waals surface area (Å²) in [6.45, 7) is 20.6. The molecule has 0 saturated carbocycles. The minimum Gasteiger partial charge on any atom is -0.411 e. The van der Waals surface area contributed by atoms with Crippen molar-refractivity contribution in [3.63, 3.8) is 0 Å². The second kappa shape index (κ2) is 11.6. The van der Waals surface area contributed by atoms with Gasteiger partial charge in [-0.05, 0) is 45.4 Å². The third kappa shape index (κ3) is 8.40. The summed E-state index contributed by atoms with van der Waals surface area (Å²) >= 11 is 0. The molecular formula is C18H39NO3Si2. The summed E-state index contributed by atoms with van der Waals surface area (Å²) < 4.78 is 17.9. The molecule has 0 aliphatic carbocycles. The maximum atomic E-state index is 6.53. The average Bonchev–Trinajstić information content (AvgIpc) is 2.48. The Morgan fingerprint density at radius 2 is 2.12 bits per heavy atom. The highest BCUT2D eigenvalue weighted by molar-refractivity contribution is 6.71. The van der Waals surface area contributed by atoms with Crippen molar-refractivity contribution in [1.82, 2.24) is 4.90 Å². The molecule has 4 nitrogen and oxygen atoms in total. The number of hydrogen-bond acceptors (Lipinski definition) is 4. The van der Waals surface area contributed by atoms with Gasteiger partial charge in [0.25, 0.3) is 0 Å². The van der Waals surface area contributed by atoms with Crippen LogP contribution in [0.1, 0.15) is 19.8 Å². The van der Waals surface area contributed by atoms with Crippen LogP contribution in [0.5, 0.6) is 0 Å². The lowest BCUT2D eigenvalue weighted by Gasteiger charge is -2.41. The van der Waals surface area contributed by atoms with E-state index in [1.807, 2.05) is 6.08 Å². The summed E-state index contributed by atoms with van der Waals surface area (Å²) in [4.78, 5) is 2.68. The molecule has 0 radical (unpaired) electrons. The molecule has 0 aromatic carbocycles. The van der Waals surface area contributed by atoms with Crippen molar-refractivity contribution >= 4 is 17.1 Å². The van der Waals surface area contributed by atoms with Gasteiger partial charge in [0.05, 0.1) is 28.1 Å². The van der Waals surface area contributed by atoms with Crippen LogP contribution in [0.25, 0.3) is 0 Å². The lowest BCUT2D eigenvalue weighted by Crippen LogP contribution is -2.53. The molecular weight excluding hydrogens is 334 g/mol. The first-order valence-electron chi connectivity index (χ1n) is 9.58. The molecule has 0 amide bonds. The molecule has 0 bridgehead atoms. The third-order valence-electron chi connectivity index (χ3n) is 4.69. The minimum absolute atomic E-state index is 0.189. The number of nitrogens with zero attached hydrogens (tertiary/aromatic N) is 1. The van der Waals surface area contributed by atoms with Gasteiger partial charge in [-0.3, -0.25) is 0 Å². The molecule has 0 aromatic heterocycles. The predicted molar refractivity (Wildman–Crippen MR) is 108 cm³/mol. The lowest BCUT2D eigenvalue weighted by molar-refractivity contribution is 0.0238. The molecule has 1 aliphatic rings. The van der Waals surface area contributed by atoms with E-state index >= 15 is 0 Å². The summed E-state index contributed by atoms with van der Waals surface area (Å²) in [6.07, 6.45) is 4.41. The molecule has 24 heavy (non-hydrogen) atoms. The summed E-state index contributed by atoms with van der Waals surface area (Å²) in [5.74, 6) is 0. The standard InChI is InChI=1S/C18H39NO3Si2/c1-7-12-21-16-17-15-19(11-9-14-24(5,6)22-17)18(23(3)4)10-13-20-8-2/h7,17-18,23H,1,8-16H2,2-6H3. The Labute approximate surface area is 152 Å². The van der Waals surface area contributed by atoms with Crippen molar-refractivity contribution in [2.75, 3.05) is 39.5 Å². The molecule has 1 aliphatic heterocycles. The largest absolute Gasteiger partial charge is 0.411 e. The van der Waals surface area contributed by atoms with Crippen LogP contribution in [-0.4, -0.2) is 73.3 Å². The zero-order chi connectivity index (χ0) is 18.0. The summed E-state index contributed by atoms with van der Waals surface area (Å²) in [5, 5.41) is 0.